The van der Waals surface area contributed by atoms with Gasteiger partial charge in [-0.15, -0.1) is 10.2 Å². The van der Waals surface area contributed by atoms with Crippen molar-refractivity contribution in [3.8, 4) is 5.75 Å². The van der Waals surface area contributed by atoms with Crippen LogP contribution in [0.25, 0.3) is 5.76 Å². The summed E-state index contributed by atoms with van der Waals surface area (Å²) in [5, 5.41) is 20.0. The van der Waals surface area contributed by atoms with Gasteiger partial charge < -0.3 is 9.84 Å². The third kappa shape index (κ3) is 3.35. The molecule has 152 valence electrons. The number of methoxy groups -OCH3 is 1. The Balaban J connectivity index is 1.92. The van der Waals surface area contributed by atoms with Gasteiger partial charge in [0.15, 0.2) is 0 Å². The van der Waals surface area contributed by atoms with Crippen LogP contribution in [-0.2, 0) is 9.59 Å². The van der Waals surface area contributed by atoms with Crippen molar-refractivity contribution in [3.05, 3.63) is 75.8 Å². The van der Waals surface area contributed by atoms with Gasteiger partial charge in [0.05, 0.1) is 18.7 Å². The quantitative estimate of drug-likeness (QED) is 0.391. The molecule has 0 spiro atoms. The summed E-state index contributed by atoms with van der Waals surface area (Å²) in [5.41, 5.74) is 2.15. The molecule has 30 heavy (non-hydrogen) atoms. The molecular weight excluding hydrogens is 402 g/mol. The molecule has 3 aromatic rings. The van der Waals surface area contributed by atoms with Crippen molar-refractivity contribution >= 4 is 33.9 Å². The van der Waals surface area contributed by atoms with Crippen molar-refractivity contribution in [2.75, 3.05) is 12.0 Å². The highest BCUT2D eigenvalue weighted by Gasteiger charge is 2.48. The van der Waals surface area contributed by atoms with E-state index in [4.69, 9.17) is 4.74 Å². The smallest absolute Gasteiger partial charge is 0.301 e. The summed E-state index contributed by atoms with van der Waals surface area (Å²) >= 11 is 1.21. The van der Waals surface area contributed by atoms with Crippen molar-refractivity contribution in [1.29, 1.82) is 0 Å². The van der Waals surface area contributed by atoms with E-state index in [2.05, 4.69) is 10.2 Å². The van der Waals surface area contributed by atoms with Gasteiger partial charge in [-0.1, -0.05) is 53.3 Å². The van der Waals surface area contributed by atoms with E-state index in [1.54, 1.807) is 50.4 Å². The summed E-state index contributed by atoms with van der Waals surface area (Å²) in [6.45, 7) is 3.70. The lowest BCUT2D eigenvalue weighted by molar-refractivity contribution is -0.132. The normalized spacial score (nSPS) is 18.1. The number of ketones is 1. The number of aromatic nitrogens is 2. The van der Waals surface area contributed by atoms with Gasteiger partial charge in [0.1, 0.15) is 16.5 Å². The number of carbonyl (C=O) groups excluding carboxylic acids is 2. The number of hydrogen-bond donors (Lipinski definition) is 1. The SMILES string of the molecule is COc1ccc(C2C(=C(O)c3ccc(C)cc3)C(=O)C(=O)N2c2nnc(C)s2)cc1. The van der Waals surface area contributed by atoms with E-state index < -0.39 is 17.7 Å². The van der Waals surface area contributed by atoms with Crippen LogP contribution in [0.2, 0.25) is 0 Å². The highest BCUT2D eigenvalue weighted by Crippen LogP contribution is 2.43. The summed E-state index contributed by atoms with van der Waals surface area (Å²) < 4.78 is 5.21. The third-order valence-corrected chi connectivity index (χ3v) is 5.76. The van der Waals surface area contributed by atoms with Crippen LogP contribution in [-0.4, -0.2) is 34.1 Å². The van der Waals surface area contributed by atoms with Crippen LogP contribution < -0.4 is 9.64 Å². The molecular formula is C22H19N3O4S. The first kappa shape index (κ1) is 19.8. The Morgan fingerprint density at radius 3 is 2.27 bits per heavy atom. The van der Waals surface area contributed by atoms with Crippen molar-refractivity contribution in [3.63, 3.8) is 0 Å². The molecule has 1 aromatic heterocycles. The third-order valence-electron chi connectivity index (χ3n) is 4.92. The van der Waals surface area contributed by atoms with Crippen molar-refractivity contribution in [2.45, 2.75) is 19.9 Å². The number of carbonyl (C=O) groups is 2. The van der Waals surface area contributed by atoms with Gasteiger partial charge in [0, 0.05) is 5.56 Å². The van der Waals surface area contributed by atoms with E-state index in [0.717, 1.165) is 5.56 Å². The Morgan fingerprint density at radius 1 is 1.03 bits per heavy atom. The Hall–Kier alpha value is -3.52. The summed E-state index contributed by atoms with van der Waals surface area (Å²) in [7, 11) is 1.56. The summed E-state index contributed by atoms with van der Waals surface area (Å²) in [6.07, 6.45) is 0. The molecule has 0 saturated carbocycles. The molecule has 1 aliphatic rings. The minimum atomic E-state index is -0.829. The summed E-state index contributed by atoms with van der Waals surface area (Å²) in [6, 6.07) is 13.3. The second-order valence-corrected chi connectivity index (χ2v) is 8.07. The van der Waals surface area contributed by atoms with Crippen molar-refractivity contribution in [1.82, 2.24) is 10.2 Å². The van der Waals surface area contributed by atoms with Crippen LogP contribution in [0.5, 0.6) is 5.75 Å². The molecule has 8 heteroatoms. The second kappa shape index (κ2) is 7.72. The fourth-order valence-electron chi connectivity index (χ4n) is 3.38. The predicted octanol–water partition coefficient (Wildman–Crippen LogP) is 3.79. The number of nitrogens with zero attached hydrogens (tertiary/aromatic N) is 3. The number of ether oxygens (including phenoxy) is 1. The zero-order valence-corrected chi connectivity index (χ0v) is 17.4. The first-order valence-corrected chi connectivity index (χ1v) is 10.0. The molecule has 0 radical (unpaired) electrons. The number of anilines is 1. The second-order valence-electron chi connectivity index (χ2n) is 6.91. The van der Waals surface area contributed by atoms with E-state index in [-0.39, 0.29) is 11.3 Å². The average Bonchev–Trinajstić information content (AvgIpc) is 3.29. The van der Waals surface area contributed by atoms with Crippen LogP contribution in [0.1, 0.15) is 27.7 Å². The molecule has 1 fully saturated rings. The standard InChI is InChI=1S/C22H19N3O4S/c1-12-4-6-15(7-5-12)19(26)17-18(14-8-10-16(29-3)11-9-14)25(21(28)20(17)27)22-24-23-13(2)30-22/h4-11,18,26H,1-3H3. The summed E-state index contributed by atoms with van der Waals surface area (Å²) in [4.78, 5) is 27.3. The predicted molar refractivity (Wildman–Crippen MR) is 114 cm³/mol. The van der Waals surface area contributed by atoms with Crippen molar-refractivity contribution in [2.24, 2.45) is 0 Å². The Bertz CT molecular complexity index is 1150. The Kier molecular flexibility index (Phi) is 5.09. The van der Waals surface area contributed by atoms with Gasteiger partial charge in [-0.3, -0.25) is 14.5 Å². The summed E-state index contributed by atoms with van der Waals surface area (Å²) in [5.74, 6) is -1.10. The molecule has 1 N–H and O–H groups in total. The number of aryl methyl sites for hydroxylation is 2. The average molecular weight is 421 g/mol. The minimum Gasteiger partial charge on any atom is -0.507 e. The highest BCUT2D eigenvalue weighted by molar-refractivity contribution is 7.15. The molecule has 4 rings (SSSR count). The van der Waals surface area contributed by atoms with E-state index in [9.17, 15) is 14.7 Å². The largest absolute Gasteiger partial charge is 0.507 e. The maximum absolute atomic E-state index is 13.0. The Morgan fingerprint density at radius 2 is 1.70 bits per heavy atom. The van der Waals surface area contributed by atoms with E-state index >= 15 is 0 Å². The van der Waals surface area contributed by atoms with Gasteiger partial charge in [-0.2, -0.15) is 0 Å². The van der Waals surface area contributed by atoms with Crippen LogP contribution in [0, 0.1) is 13.8 Å². The number of Topliss-reactive ketones (excluding diaryl/α,β-unsaturated/α-hetero) is 1. The molecule has 1 atom stereocenters. The maximum Gasteiger partial charge on any atom is 0.301 e. The zero-order valence-electron chi connectivity index (χ0n) is 16.6. The first-order chi connectivity index (χ1) is 14.4. The number of amides is 1. The number of hydrogen-bond acceptors (Lipinski definition) is 7. The molecule has 1 aliphatic heterocycles. The molecule has 1 amide bonds. The van der Waals surface area contributed by atoms with E-state index in [1.165, 1.54) is 16.2 Å². The molecule has 7 nitrogen and oxygen atoms in total. The molecule has 0 aliphatic carbocycles. The number of benzene rings is 2. The molecule has 2 heterocycles. The van der Waals surface area contributed by atoms with Crippen molar-refractivity contribution < 1.29 is 19.4 Å². The van der Waals surface area contributed by atoms with Gasteiger partial charge in [-0.05, 0) is 31.5 Å². The topological polar surface area (TPSA) is 92.6 Å². The van der Waals surface area contributed by atoms with Gasteiger partial charge in [0.25, 0.3) is 5.78 Å². The molecule has 1 saturated heterocycles. The van der Waals surface area contributed by atoms with Gasteiger partial charge in [-0.25, -0.2) is 0 Å². The fraction of sp³-hybridized carbons (Fsp3) is 0.182. The van der Waals surface area contributed by atoms with Crippen LogP contribution in [0.4, 0.5) is 5.13 Å². The molecule has 0 bridgehead atoms. The fourth-order valence-corrected chi connectivity index (χ4v) is 4.10. The lowest BCUT2D eigenvalue weighted by atomic mass is 9.95. The maximum atomic E-state index is 13.0. The number of aliphatic hydroxyl groups excluding tert-OH is 1. The highest BCUT2D eigenvalue weighted by atomic mass is 32.1. The van der Waals surface area contributed by atoms with Crippen LogP contribution in [0.15, 0.2) is 54.1 Å². The first-order valence-electron chi connectivity index (χ1n) is 9.23. The Labute approximate surface area is 177 Å². The van der Waals surface area contributed by atoms with Gasteiger partial charge in [0.2, 0.25) is 5.13 Å². The van der Waals surface area contributed by atoms with Crippen LogP contribution in [0.3, 0.4) is 0 Å². The number of aliphatic hydroxyl groups is 1. The van der Waals surface area contributed by atoms with E-state index in [0.29, 0.717) is 27.0 Å². The lowest BCUT2D eigenvalue weighted by Crippen LogP contribution is -2.29. The lowest BCUT2D eigenvalue weighted by Gasteiger charge is -2.22. The zero-order chi connectivity index (χ0) is 21.4. The molecule has 2 aromatic carbocycles. The van der Waals surface area contributed by atoms with Gasteiger partial charge >= 0.3 is 5.91 Å². The minimum absolute atomic E-state index is 0.0156. The number of rotatable bonds is 4. The monoisotopic (exact) mass is 421 g/mol. The molecule has 1 unspecified atom stereocenters. The van der Waals surface area contributed by atoms with E-state index in [1.807, 2.05) is 19.1 Å². The van der Waals surface area contributed by atoms with Crippen LogP contribution >= 0.6 is 11.3 Å².